The minimum Gasteiger partial charge on any atom is -0.859 e. The van der Waals surface area contributed by atoms with Crippen LogP contribution in [0.3, 0.4) is 0 Å². The van der Waals surface area contributed by atoms with Crippen molar-refractivity contribution in [2.75, 3.05) is 18.6 Å². The molecule has 0 saturated carbocycles. The predicted molar refractivity (Wildman–Crippen MR) is 92.4 cm³/mol. The van der Waals surface area contributed by atoms with Crippen molar-refractivity contribution in [1.82, 2.24) is 9.97 Å². The quantitative estimate of drug-likeness (QED) is 0.164. The number of nitrogens with zero attached hydrogens (tertiary/aromatic N) is 4. The number of halogens is 1. The van der Waals surface area contributed by atoms with Crippen molar-refractivity contribution in [2.45, 2.75) is 12.1 Å². The lowest BCUT2D eigenvalue weighted by Crippen LogP contribution is -2.18. The summed E-state index contributed by atoms with van der Waals surface area (Å²) in [5.41, 5.74) is 1.20. The Morgan fingerprint density at radius 1 is 1.42 bits per heavy atom. The highest BCUT2D eigenvalue weighted by Gasteiger charge is 2.24. The van der Waals surface area contributed by atoms with Gasteiger partial charge in [-0.15, -0.1) is 0 Å². The van der Waals surface area contributed by atoms with Crippen LogP contribution < -0.4 is 10.4 Å². The van der Waals surface area contributed by atoms with E-state index in [0.29, 0.717) is 16.4 Å². The first-order valence-electron chi connectivity index (χ1n) is 6.65. The van der Waals surface area contributed by atoms with E-state index in [1.807, 2.05) is 0 Å². The number of benzene rings is 1. The van der Waals surface area contributed by atoms with E-state index in [0.717, 1.165) is 5.56 Å². The van der Waals surface area contributed by atoms with Crippen molar-refractivity contribution in [1.29, 1.82) is 0 Å². The summed E-state index contributed by atoms with van der Waals surface area (Å²) < 4.78 is 0. The molecule has 0 fully saturated rings. The molecule has 0 amide bonds. The van der Waals surface area contributed by atoms with E-state index >= 15 is 0 Å². The molecule has 0 bridgehead atoms. The first kappa shape index (κ1) is 18.0. The molecule has 0 aliphatic carbocycles. The number of nitro groups is 1. The topological polar surface area (TPSA) is 116 Å². The molecule has 24 heavy (non-hydrogen) atoms. The fourth-order valence-corrected chi connectivity index (χ4v) is 2.55. The van der Waals surface area contributed by atoms with Crippen molar-refractivity contribution in [2.24, 2.45) is 4.99 Å². The Balaban J connectivity index is 2.55. The monoisotopic (exact) mass is 366 g/mol. The van der Waals surface area contributed by atoms with E-state index in [1.165, 1.54) is 18.8 Å². The van der Waals surface area contributed by atoms with E-state index in [4.69, 9.17) is 11.6 Å². The molecular weight excluding hydrogens is 354 g/mol. The maximum absolute atomic E-state index is 11.7. The maximum Gasteiger partial charge on any atom is 0.348 e. The van der Waals surface area contributed by atoms with Crippen molar-refractivity contribution >= 4 is 46.5 Å². The van der Waals surface area contributed by atoms with Gasteiger partial charge in [0, 0.05) is 12.7 Å². The summed E-state index contributed by atoms with van der Waals surface area (Å²) >= 11 is 7.11. The van der Waals surface area contributed by atoms with Gasteiger partial charge < -0.3 is 15.4 Å². The van der Waals surface area contributed by atoms with Gasteiger partial charge in [-0.1, -0.05) is 35.5 Å². The minimum absolute atomic E-state index is 0.0366. The largest absolute Gasteiger partial charge is 0.859 e. The van der Waals surface area contributed by atoms with E-state index < -0.39 is 16.5 Å². The molecule has 2 rings (SSSR count). The van der Waals surface area contributed by atoms with Crippen molar-refractivity contribution in [3.63, 3.8) is 0 Å². The van der Waals surface area contributed by atoms with Crippen molar-refractivity contribution < 1.29 is 10.0 Å². The molecule has 0 atom stereocenters. The van der Waals surface area contributed by atoms with E-state index in [9.17, 15) is 15.2 Å². The van der Waals surface area contributed by atoms with Gasteiger partial charge in [-0.3, -0.25) is 10.1 Å². The molecule has 1 heterocycles. The zero-order chi connectivity index (χ0) is 17.9. The van der Waals surface area contributed by atoms with Gasteiger partial charge in [0.05, 0.1) is 4.92 Å². The average molecular weight is 367 g/mol. The summed E-state index contributed by atoms with van der Waals surface area (Å²) in [7, 11) is 1.40. The smallest absolute Gasteiger partial charge is 0.348 e. The molecule has 0 aliphatic heterocycles. The lowest BCUT2D eigenvalue weighted by atomic mass is 10.1. The van der Waals surface area contributed by atoms with Crippen LogP contribution >= 0.6 is 23.4 Å². The molecule has 1 aromatic carbocycles. The third kappa shape index (κ3) is 3.74. The molecule has 0 saturated heterocycles. The molecule has 126 valence electrons. The number of hydrogen-bond donors (Lipinski definition) is 1. The average Bonchev–Trinajstić information content (AvgIpc) is 2.55. The molecule has 8 nitrogen and oxygen atoms in total. The highest BCUT2D eigenvalue weighted by atomic mass is 35.5. The summed E-state index contributed by atoms with van der Waals surface area (Å²) in [5.74, 6) is -0.427. The Bertz CT molecular complexity index is 828. The normalized spacial score (nSPS) is 11.4. The number of hydrogen-bond acceptors (Lipinski definition) is 8. The van der Waals surface area contributed by atoms with Crippen LogP contribution in [0, 0.1) is 17.0 Å². The number of anilines is 2. The Labute approximate surface area is 147 Å². The van der Waals surface area contributed by atoms with Crippen molar-refractivity contribution in [3.8, 4) is 0 Å². The number of thioether (sulfide) groups is 1. The summed E-state index contributed by atoms with van der Waals surface area (Å²) in [5, 5.41) is 25.9. The van der Waals surface area contributed by atoms with Gasteiger partial charge in [-0.25, -0.2) is 4.98 Å². The molecule has 0 unspecified atom stereocenters. The Kier molecular flexibility index (Phi) is 5.58. The van der Waals surface area contributed by atoms with Gasteiger partial charge in [0.2, 0.25) is 11.0 Å². The second kappa shape index (κ2) is 7.45. The Morgan fingerprint density at radius 2 is 2.12 bits per heavy atom. The first-order valence-corrected chi connectivity index (χ1v) is 8.25. The van der Waals surface area contributed by atoms with E-state index in [-0.39, 0.29) is 11.0 Å². The van der Waals surface area contributed by atoms with Crippen molar-refractivity contribution in [3.05, 3.63) is 44.6 Å². The predicted octanol–water partition coefficient (Wildman–Crippen LogP) is 2.55. The van der Waals surface area contributed by atoms with Crippen LogP contribution in [-0.4, -0.2) is 34.1 Å². The molecule has 0 radical (unpaired) electrons. The number of aryl methyl sites for hydroxylation is 1. The molecular formula is C14H13ClN5O3S-. The fourth-order valence-electron chi connectivity index (χ4n) is 1.89. The summed E-state index contributed by atoms with van der Waals surface area (Å²) in [6.45, 7) is 1.80. The zero-order valence-electron chi connectivity index (χ0n) is 13.0. The fraction of sp³-hybridized carbons (Fsp3) is 0.214. The van der Waals surface area contributed by atoms with Crippen LogP contribution in [0.15, 0.2) is 28.3 Å². The number of nitrogens with one attached hydrogen (secondary N) is 1. The second-order valence-electron chi connectivity index (χ2n) is 4.64. The lowest BCUT2D eigenvalue weighted by Gasteiger charge is -2.15. The molecule has 0 spiro atoms. The summed E-state index contributed by atoms with van der Waals surface area (Å²) in [4.78, 5) is 22.2. The number of aromatic nitrogens is 2. The third-order valence-electron chi connectivity index (χ3n) is 3.13. The van der Waals surface area contributed by atoms with Crippen LogP contribution in [0.2, 0.25) is 5.15 Å². The maximum atomic E-state index is 11.7. The van der Waals surface area contributed by atoms with Crippen LogP contribution in [0.4, 0.5) is 17.2 Å². The Morgan fingerprint density at radius 3 is 2.71 bits per heavy atom. The number of rotatable bonds is 5. The third-order valence-corrected chi connectivity index (χ3v) is 3.94. The first-order chi connectivity index (χ1) is 11.4. The Hall–Kier alpha value is -2.39. The summed E-state index contributed by atoms with van der Waals surface area (Å²) in [6, 6.07) is 4.90. The van der Waals surface area contributed by atoms with E-state index in [1.54, 1.807) is 31.4 Å². The SMILES string of the molecule is CN=C([O-])c1ccc(C)c(Nc2nc(SC)nc(Cl)c2[N+](=O)[O-])c1. The molecule has 1 N–H and O–H groups in total. The van der Waals surface area contributed by atoms with Crippen LogP contribution in [0.5, 0.6) is 0 Å². The van der Waals surface area contributed by atoms with Gasteiger partial charge >= 0.3 is 5.69 Å². The van der Waals surface area contributed by atoms with Gasteiger partial charge in [0.25, 0.3) is 0 Å². The lowest BCUT2D eigenvalue weighted by molar-refractivity contribution is -0.384. The number of aliphatic imine (C=N–C) groups is 1. The van der Waals surface area contributed by atoms with Crippen LogP contribution in [0.1, 0.15) is 11.1 Å². The van der Waals surface area contributed by atoms with E-state index in [2.05, 4.69) is 20.3 Å². The molecule has 1 aromatic heterocycles. The van der Waals surface area contributed by atoms with Crippen LogP contribution in [0.25, 0.3) is 0 Å². The van der Waals surface area contributed by atoms with Gasteiger partial charge in [0.1, 0.15) is 0 Å². The molecule has 10 heteroatoms. The highest BCUT2D eigenvalue weighted by Crippen LogP contribution is 2.34. The molecule has 2 aromatic rings. The zero-order valence-corrected chi connectivity index (χ0v) is 14.6. The minimum atomic E-state index is -0.652. The highest BCUT2D eigenvalue weighted by molar-refractivity contribution is 7.98. The van der Waals surface area contributed by atoms with Crippen LogP contribution in [-0.2, 0) is 0 Å². The van der Waals surface area contributed by atoms with Gasteiger partial charge in [0.15, 0.2) is 5.16 Å². The standard InChI is InChI=1S/C14H14ClN5O3S/c1-7-4-5-8(13(21)16-2)6-9(7)17-12-10(20(22)23)11(15)18-14(19-12)24-3/h4-6H,1-3H3,(H,16,21)(H,17,18,19)/p-1. The molecule has 0 aliphatic rings. The summed E-state index contributed by atoms with van der Waals surface area (Å²) in [6.07, 6.45) is 1.73. The second-order valence-corrected chi connectivity index (χ2v) is 5.77. The van der Waals surface area contributed by atoms with Gasteiger partial charge in [-0.2, -0.15) is 4.98 Å². The van der Waals surface area contributed by atoms with Gasteiger partial charge in [-0.05, 0) is 36.3 Å².